The van der Waals surface area contributed by atoms with Crippen LogP contribution in [0, 0.1) is 5.41 Å². The Morgan fingerprint density at radius 3 is 2.50 bits per heavy atom. The van der Waals surface area contributed by atoms with Gasteiger partial charge in [0.15, 0.2) is 0 Å². The Bertz CT molecular complexity index is 401. The van der Waals surface area contributed by atoms with Crippen molar-refractivity contribution < 1.29 is 19.4 Å². The van der Waals surface area contributed by atoms with E-state index in [1.807, 2.05) is 33.8 Å². The van der Waals surface area contributed by atoms with Crippen molar-refractivity contribution in [3.63, 3.8) is 0 Å². The van der Waals surface area contributed by atoms with Crippen molar-refractivity contribution in [3.05, 3.63) is 36.5 Å². The number of rotatable bonds is 3. The predicted octanol–water partition coefficient (Wildman–Crippen LogP) is 2.31. The second-order valence-corrected chi connectivity index (χ2v) is 5.28. The molecule has 1 heterocycles. The highest BCUT2D eigenvalue weighted by molar-refractivity contribution is 5.83. The monoisotopic (exact) mass is 252 g/mol. The number of carbonyl (C=O) groups is 1. The Morgan fingerprint density at radius 2 is 2.06 bits per heavy atom. The molecule has 0 aliphatic carbocycles. The van der Waals surface area contributed by atoms with E-state index in [-0.39, 0.29) is 5.57 Å². The van der Waals surface area contributed by atoms with E-state index in [1.54, 1.807) is 12.2 Å². The normalized spacial score (nSPS) is 29.2. The van der Waals surface area contributed by atoms with Crippen LogP contribution in [-0.2, 0) is 14.3 Å². The van der Waals surface area contributed by atoms with Crippen LogP contribution in [0.25, 0.3) is 0 Å². The first-order chi connectivity index (χ1) is 8.21. The zero-order valence-corrected chi connectivity index (χ0v) is 11.3. The molecule has 0 radical (unpaired) electrons. The van der Waals surface area contributed by atoms with E-state index in [1.165, 1.54) is 6.08 Å². The van der Waals surface area contributed by atoms with E-state index in [0.717, 1.165) is 0 Å². The number of hydrogen-bond donors (Lipinski definition) is 1. The molecule has 1 aliphatic heterocycles. The molecular weight excluding hydrogens is 232 g/mol. The molecule has 0 aromatic carbocycles. The summed E-state index contributed by atoms with van der Waals surface area (Å²) in [6, 6.07) is 0. The third-order valence-electron chi connectivity index (χ3n) is 2.51. The first-order valence-electron chi connectivity index (χ1n) is 5.82. The lowest BCUT2D eigenvalue weighted by molar-refractivity contribution is -0.198. The van der Waals surface area contributed by atoms with Crippen LogP contribution in [-0.4, -0.2) is 23.2 Å². The minimum Gasteiger partial charge on any atom is -0.431 e. The number of cyclic esters (lactones) is 1. The quantitative estimate of drug-likeness (QED) is 0.618. The average molecular weight is 252 g/mol. The number of carbonyl (C=O) groups excluding carboxylic acids is 1. The summed E-state index contributed by atoms with van der Waals surface area (Å²) in [7, 11) is 0. The molecule has 4 nitrogen and oxygen atoms in total. The Morgan fingerprint density at radius 1 is 1.44 bits per heavy atom. The van der Waals surface area contributed by atoms with Crippen LogP contribution in [0.3, 0.4) is 0 Å². The van der Waals surface area contributed by atoms with Crippen LogP contribution in [0.1, 0.15) is 27.7 Å². The largest absolute Gasteiger partial charge is 0.431 e. The summed E-state index contributed by atoms with van der Waals surface area (Å²) in [5, 5.41) is 10.2. The zero-order chi connectivity index (χ0) is 14.0. The van der Waals surface area contributed by atoms with E-state index in [9.17, 15) is 9.90 Å². The molecule has 4 heteroatoms. The van der Waals surface area contributed by atoms with Gasteiger partial charge in [0.25, 0.3) is 5.79 Å². The van der Waals surface area contributed by atoms with E-state index in [0.29, 0.717) is 0 Å². The summed E-state index contributed by atoms with van der Waals surface area (Å²) in [4.78, 5) is 11.7. The van der Waals surface area contributed by atoms with Crippen molar-refractivity contribution in [2.45, 2.75) is 39.8 Å². The number of hydrogen-bond acceptors (Lipinski definition) is 4. The van der Waals surface area contributed by atoms with Crippen LogP contribution < -0.4 is 0 Å². The molecule has 1 fully saturated rings. The van der Waals surface area contributed by atoms with Crippen LogP contribution >= 0.6 is 0 Å². The van der Waals surface area contributed by atoms with Crippen molar-refractivity contribution in [2.75, 3.05) is 0 Å². The van der Waals surface area contributed by atoms with E-state index in [4.69, 9.17) is 9.47 Å². The van der Waals surface area contributed by atoms with Gasteiger partial charge in [0.2, 0.25) is 6.29 Å². The highest BCUT2D eigenvalue weighted by Crippen LogP contribution is 2.36. The Labute approximate surface area is 108 Å². The molecule has 2 atom stereocenters. The molecule has 0 saturated carbocycles. The molecule has 0 aromatic heterocycles. The maximum absolute atomic E-state index is 11.7. The van der Waals surface area contributed by atoms with Gasteiger partial charge in [-0.25, -0.2) is 4.79 Å². The van der Waals surface area contributed by atoms with E-state index < -0.39 is 23.5 Å². The fourth-order valence-corrected chi connectivity index (χ4v) is 1.36. The summed E-state index contributed by atoms with van der Waals surface area (Å²) >= 11 is 0. The minimum atomic E-state index is -2.09. The highest BCUT2D eigenvalue weighted by atomic mass is 16.8. The second kappa shape index (κ2) is 5.08. The topological polar surface area (TPSA) is 55.8 Å². The average Bonchev–Trinajstić information content (AvgIpc) is 2.56. The van der Waals surface area contributed by atoms with Crippen LogP contribution in [0.2, 0.25) is 0 Å². The lowest BCUT2D eigenvalue weighted by atomic mass is 9.96. The number of esters is 1. The number of allylic oxidation sites excluding steroid dienone is 3. The maximum atomic E-state index is 11.7. The third-order valence-corrected chi connectivity index (χ3v) is 2.51. The third kappa shape index (κ3) is 2.89. The van der Waals surface area contributed by atoms with Gasteiger partial charge in [-0.1, -0.05) is 51.7 Å². The fourth-order valence-electron chi connectivity index (χ4n) is 1.36. The van der Waals surface area contributed by atoms with Crippen molar-refractivity contribution in [3.8, 4) is 0 Å². The second-order valence-electron chi connectivity index (χ2n) is 5.28. The molecule has 1 saturated heterocycles. The number of ether oxygens (including phenoxy) is 2. The van der Waals surface area contributed by atoms with Gasteiger partial charge in [-0.3, -0.25) is 4.74 Å². The smallest absolute Gasteiger partial charge is 0.374 e. The van der Waals surface area contributed by atoms with E-state index in [2.05, 4.69) is 6.58 Å². The van der Waals surface area contributed by atoms with Gasteiger partial charge in [0.05, 0.1) is 0 Å². The highest BCUT2D eigenvalue weighted by Gasteiger charge is 2.53. The van der Waals surface area contributed by atoms with Crippen molar-refractivity contribution in [1.29, 1.82) is 0 Å². The van der Waals surface area contributed by atoms with Crippen molar-refractivity contribution in [2.24, 2.45) is 5.41 Å². The summed E-state index contributed by atoms with van der Waals surface area (Å²) in [5.74, 6) is -2.91. The van der Waals surface area contributed by atoms with Gasteiger partial charge in [-0.2, -0.15) is 0 Å². The molecule has 1 rings (SSSR count). The standard InChI is InChI=1S/C14H20O4/c1-6-7-8-9-10(2)14(16)11(15)17-12(18-14)13(3,4)5/h6-9,12,16H,2H2,1,3-5H3/b7-6-,9-8-/t12?,14-/m1/s1. The summed E-state index contributed by atoms with van der Waals surface area (Å²) in [6.07, 6.45) is 5.98. The van der Waals surface area contributed by atoms with Crippen molar-refractivity contribution in [1.82, 2.24) is 0 Å². The molecule has 1 N–H and O–H groups in total. The Balaban J connectivity index is 2.88. The first-order valence-corrected chi connectivity index (χ1v) is 5.82. The van der Waals surface area contributed by atoms with Crippen LogP contribution in [0.4, 0.5) is 0 Å². The lowest BCUT2D eigenvalue weighted by Crippen LogP contribution is -2.38. The Kier molecular flexibility index (Phi) is 4.14. The molecule has 1 aliphatic rings. The number of aliphatic hydroxyl groups is 1. The predicted molar refractivity (Wildman–Crippen MR) is 68.5 cm³/mol. The van der Waals surface area contributed by atoms with E-state index >= 15 is 0 Å². The van der Waals surface area contributed by atoms with Crippen molar-refractivity contribution >= 4 is 5.97 Å². The zero-order valence-electron chi connectivity index (χ0n) is 11.3. The molecular formula is C14H20O4. The van der Waals surface area contributed by atoms with Gasteiger partial charge >= 0.3 is 5.97 Å². The Hall–Kier alpha value is -1.39. The van der Waals surface area contributed by atoms with Gasteiger partial charge in [0.1, 0.15) is 0 Å². The fraction of sp³-hybridized carbons (Fsp3) is 0.500. The molecule has 100 valence electrons. The molecule has 0 aromatic rings. The molecule has 18 heavy (non-hydrogen) atoms. The van der Waals surface area contributed by atoms with Gasteiger partial charge in [-0.15, -0.1) is 0 Å². The lowest BCUT2D eigenvalue weighted by Gasteiger charge is -2.25. The summed E-state index contributed by atoms with van der Waals surface area (Å²) in [5.41, 5.74) is -0.259. The maximum Gasteiger partial charge on any atom is 0.374 e. The van der Waals surface area contributed by atoms with Crippen LogP contribution in [0.15, 0.2) is 36.5 Å². The van der Waals surface area contributed by atoms with Gasteiger partial charge in [-0.05, 0) is 6.92 Å². The van der Waals surface area contributed by atoms with Gasteiger partial charge < -0.3 is 9.84 Å². The summed E-state index contributed by atoms with van der Waals surface area (Å²) in [6.45, 7) is 11.1. The molecule has 0 amide bonds. The van der Waals surface area contributed by atoms with Crippen LogP contribution in [0.5, 0.6) is 0 Å². The first kappa shape index (κ1) is 14.7. The van der Waals surface area contributed by atoms with Gasteiger partial charge in [0, 0.05) is 11.0 Å². The minimum absolute atomic E-state index is 0.150. The molecule has 1 unspecified atom stereocenters. The summed E-state index contributed by atoms with van der Waals surface area (Å²) < 4.78 is 10.4. The molecule has 0 bridgehead atoms. The SMILES string of the molecule is C=C(/C=C\C=C/C)[C@@]1(O)OC(C(C)(C)C)OC1=O. The molecule has 0 spiro atoms.